The van der Waals surface area contributed by atoms with Crippen molar-refractivity contribution in [3.8, 4) is 0 Å². The lowest BCUT2D eigenvalue weighted by Crippen LogP contribution is -2.23. The van der Waals surface area contributed by atoms with Crippen LogP contribution in [0.1, 0.15) is 36.0 Å². The summed E-state index contributed by atoms with van der Waals surface area (Å²) in [6.07, 6.45) is 3.02. The van der Waals surface area contributed by atoms with Crippen molar-refractivity contribution in [1.82, 2.24) is 5.32 Å². The second kappa shape index (κ2) is 8.26. The van der Waals surface area contributed by atoms with Crippen LogP contribution >= 0.6 is 27.3 Å². The van der Waals surface area contributed by atoms with E-state index in [1.807, 2.05) is 5.38 Å². The second-order valence-corrected chi connectivity index (χ2v) is 6.07. The molecule has 1 aromatic rings. The summed E-state index contributed by atoms with van der Waals surface area (Å²) in [5.41, 5.74) is 0.682. The van der Waals surface area contributed by atoms with Gasteiger partial charge in [0.1, 0.15) is 0 Å². The van der Waals surface area contributed by atoms with Crippen molar-refractivity contribution < 1.29 is 14.3 Å². The van der Waals surface area contributed by atoms with Crippen molar-refractivity contribution in [3.63, 3.8) is 0 Å². The molecule has 0 saturated carbocycles. The topological polar surface area (TPSA) is 55.4 Å². The molecular weight excluding hydrogens is 318 g/mol. The number of thiophene rings is 1. The number of unbranched alkanes of at least 4 members (excludes halogenated alkanes) is 2. The molecule has 0 spiro atoms. The first-order valence-corrected chi connectivity index (χ1v) is 7.40. The lowest BCUT2D eigenvalue weighted by molar-refractivity contribution is -0.140. The van der Waals surface area contributed by atoms with Crippen molar-refractivity contribution in [2.45, 2.75) is 25.7 Å². The van der Waals surface area contributed by atoms with Gasteiger partial charge in [0, 0.05) is 18.3 Å². The summed E-state index contributed by atoms with van der Waals surface area (Å²) in [7, 11) is 1.39. The van der Waals surface area contributed by atoms with Crippen LogP contribution < -0.4 is 5.32 Å². The van der Waals surface area contributed by atoms with E-state index in [9.17, 15) is 9.59 Å². The highest BCUT2D eigenvalue weighted by Crippen LogP contribution is 2.20. The average Bonchev–Trinajstić information content (AvgIpc) is 2.79. The second-order valence-electron chi connectivity index (χ2n) is 3.78. The van der Waals surface area contributed by atoms with Gasteiger partial charge in [-0.05, 0) is 34.8 Å². The molecule has 100 valence electrons. The zero-order valence-corrected chi connectivity index (χ0v) is 12.6. The van der Waals surface area contributed by atoms with E-state index in [-0.39, 0.29) is 11.9 Å². The fourth-order valence-electron chi connectivity index (χ4n) is 1.41. The number of hydrogen-bond acceptors (Lipinski definition) is 4. The van der Waals surface area contributed by atoms with Gasteiger partial charge in [-0.3, -0.25) is 9.59 Å². The third kappa shape index (κ3) is 5.64. The van der Waals surface area contributed by atoms with Crippen LogP contribution in [-0.4, -0.2) is 25.5 Å². The van der Waals surface area contributed by atoms with Crippen molar-refractivity contribution in [1.29, 1.82) is 0 Å². The van der Waals surface area contributed by atoms with Crippen LogP contribution in [0.25, 0.3) is 0 Å². The maximum absolute atomic E-state index is 11.6. The molecule has 0 fully saturated rings. The van der Waals surface area contributed by atoms with E-state index in [1.54, 1.807) is 6.07 Å². The zero-order chi connectivity index (χ0) is 13.4. The third-order valence-electron chi connectivity index (χ3n) is 2.40. The van der Waals surface area contributed by atoms with Gasteiger partial charge in [-0.1, -0.05) is 6.42 Å². The van der Waals surface area contributed by atoms with Gasteiger partial charge in [-0.25, -0.2) is 0 Å². The number of esters is 1. The van der Waals surface area contributed by atoms with Crippen LogP contribution in [0.3, 0.4) is 0 Å². The molecule has 1 heterocycles. The molecule has 1 amide bonds. The van der Waals surface area contributed by atoms with Crippen molar-refractivity contribution in [2.24, 2.45) is 0 Å². The minimum absolute atomic E-state index is 0.0510. The van der Waals surface area contributed by atoms with E-state index >= 15 is 0 Å². The van der Waals surface area contributed by atoms with Gasteiger partial charge < -0.3 is 10.1 Å². The standard InChI is InChI=1S/C12H16BrNO3S/c1-17-11(15)5-3-2-4-6-14-12(16)9-7-10(13)18-8-9/h7-8H,2-6H2,1H3,(H,14,16). The molecule has 0 atom stereocenters. The molecule has 1 rings (SSSR count). The number of methoxy groups -OCH3 is 1. The van der Waals surface area contributed by atoms with Crippen LogP contribution in [0, 0.1) is 0 Å². The molecule has 4 nitrogen and oxygen atoms in total. The fourth-order valence-corrected chi connectivity index (χ4v) is 2.54. The average molecular weight is 334 g/mol. The molecule has 0 aromatic carbocycles. The Morgan fingerprint density at radius 3 is 2.78 bits per heavy atom. The van der Waals surface area contributed by atoms with E-state index in [0.29, 0.717) is 18.5 Å². The highest BCUT2D eigenvalue weighted by Gasteiger charge is 2.06. The molecular formula is C12H16BrNO3S. The summed E-state index contributed by atoms with van der Waals surface area (Å²) >= 11 is 4.81. The molecule has 0 unspecified atom stereocenters. The van der Waals surface area contributed by atoms with E-state index in [4.69, 9.17) is 0 Å². The lowest BCUT2D eigenvalue weighted by atomic mass is 10.2. The van der Waals surface area contributed by atoms with Crippen LogP contribution in [0.2, 0.25) is 0 Å². The van der Waals surface area contributed by atoms with Crippen LogP contribution in [0.15, 0.2) is 15.2 Å². The smallest absolute Gasteiger partial charge is 0.305 e. The summed E-state index contributed by atoms with van der Waals surface area (Å²) in [6, 6.07) is 1.80. The molecule has 18 heavy (non-hydrogen) atoms. The van der Waals surface area contributed by atoms with Gasteiger partial charge in [-0.2, -0.15) is 0 Å². The number of ether oxygens (including phenoxy) is 1. The van der Waals surface area contributed by atoms with Crippen molar-refractivity contribution >= 4 is 39.1 Å². The van der Waals surface area contributed by atoms with Gasteiger partial charge >= 0.3 is 5.97 Å². The van der Waals surface area contributed by atoms with E-state index in [0.717, 1.165) is 23.0 Å². The Hall–Kier alpha value is -0.880. The molecule has 6 heteroatoms. The molecule has 0 aliphatic carbocycles. The molecule has 1 N–H and O–H groups in total. The predicted octanol–water partition coefficient (Wildman–Crippen LogP) is 2.97. The lowest BCUT2D eigenvalue weighted by Gasteiger charge is -2.03. The Morgan fingerprint density at radius 2 is 2.17 bits per heavy atom. The molecule has 0 bridgehead atoms. The number of halogens is 1. The number of rotatable bonds is 7. The van der Waals surface area contributed by atoms with Gasteiger partial charge in [0.25, 0.3) is 5.91 Å². The Morgan fingerprint density at radius 1 is 1.39 bits per heavy atom. The summed E-state index contributed by atoms with van der Waals surface area (Å²) in [4.78, 5) is 22.5. The number of amides is 1. The maximum Gasteiger partial charge on any atom is 0.305 e. The molecule has 1 aromatic heterocycles. The van der Waals surface area contributed by atoms with Crippen LogP contribution in [0.4, 0.5) is 0 Å². The van der Waals surface area contributed by atoms with Gasteiger partial charge in [0.2, 0.25) is 0 Å². The summed E-state index contributed by atoms with van der Waals surface area (Å²) < 4.78 is 5.49. The molecule has 0 aliphatic heterocycles. The first-order chi connectivity index (χ1) is 8.63. The number of nitrogens with one attached hydrogen (secondary N) is 1. The highest BCUT2D eigenvalue weighted by atomic mass is 79.9. The Balaban J connectivity index is 2.08. The van der Waals surface area contributed by atoms with Gasteiger partial charge in [0.15, 0.2) is 0 Å². The highest BCUT2D eigenvalue weighted by molar-refractivity contribution is 9.11. The fraction of sp³-hybridized carbons (Fsp3) is 0.500. The van der Waals surface area contributed by atoms with E-state index in [2.05, 4.69) is 26.0 Å². The summed E-state index contributed by atoms with van der Waals surface area (Å²) in [5.74, 6) is -0.230. The van der Waals surface area contributed by atoms with E-state index in [1.165, 1.54) is 18.4 Å². The Bertz CT molecular complexity index is 406. The number of carbonyl (C=O) groups is 2. The van der Waals surface area contributed by atoms with E-state index < -0.39 is 0 Å². The number of hydrogen-bond donors (Lipinski definition) is 1. The Labute approximate surface area is 119 Å². The third-order valence-corrected chi connectivity index (χ3v) is 3.91. The number of carbonyl (C=O) groups excluding carboxylic acids is 2. The first-order valence-electron chi connectivity index (χ1n) is 5.72. The molecule has 0 saturated heterocycles. The molecule has 0 radical (unpaired) electrons. The van der Waals surface area contributed by atoms with Gasteiger partial charge in [0.05, 0.1) is 16.5 Å². The van der Waals surface area contributed by atoms with Crippen LogP contribution in [0.5, 0.6) is 0 Å². The largest absolute Gasteiger partial charge is 0.469 e. The predicted molar refractivity (Wildman–Crippen MR) is 74.8 cm³/mol. The quantitative estimate of drug-likeness (QED) is 0.616. The minimum atomic E-state index is -0.179. The summed E-state index contributed by atoms with van der Waals surface area (Å²) in [5, 5.41) is 4.66. The minimum Gasteiger partial charge on any atom is -0.469 e. The SMILES string of the molecule is COC(=O)CCCCCNC(=O)c1csc(Br)c1. The Kier molecular flexibility index (Phi) is 6.97. The van der Waals surface area contributed by atoms with Crippen molar-refractivity contribution in [2.75, 3.05) is 13.7 Å². The normalized spacial score (nSPS) is 10.1. The zero-order valence-electron chi connectivity index (χ0n) is 10.2. The van der Waals surface area contributed by atoms with Crippen LogP contribution in [-0.2, 0) is 9.53 Å². The molecule has 0 aliphatic rings. The van der Waals surface area contributed by atoms with Crippen molar-refractivity contribution in [3.05, 3.63) is 20.8 Å². The van der Waals surface area contributed by atoms with Gasteiger partial charge in [-0.15, -0.1) is 11.3 Å². The summed E-state index contributed by atoms with van der Waals surface area (Å²) in [6.45, 7) is 0.632. The maximum atomic E-state index is 11.6. The first kappa shape index (κ1) is 15.2. The monoisotopic (exact) mass is 333 g/mol.